The van der Waals surface area contributed by atoms with E-state index in [9.17, 15) is 0 Å². The summed E-state index contributed by atoms with van der Waals surface area (Å²) in [5.74, 6) is 3.77. The van der Waals surface area contributed by atoms with Crippen LogP contribution in [0.1, 0.15) is 47.0 Å². The van der Waals surface area contributed by atoms with Gasteiger partial charge in [0.05, 0.1) is 0 Å². The molecule has 0 aromatic carbocycles. The second-order valence-electron chi connectivity index (χ2n) is 4.43. The largest absolute Gasteiger partial charge is 0.120 e. The highest BCUT2D eigenvalue weighted by molar-refractivity contribution is 5.04. The average molecular weight is 192 g/mol. The molecular weight excluding hydrogens is 168 g/mol. The Morgan fingerprint density at radius 2 is 2.07 bits per heavy atom. The molecule has 0 saturated heterocycles. The van der Waals surface area contributed by atoms with Gasteiger partial charge in [0.25, 0.3) is 0 Å². The molecular formula is C14H24. The van der Waals surface area contributed by atoms with Crippen molar-refractivity contribution in [3.8, 4) is 12.3 Å². The van der Waals surface area contributed by atoms with Gasteiger partial charge in [-0.05, 0) is 17.8 Å². The Morgan fingerprint density at radius 3 is 2.36 bits per heavy atom. The lowest BCUT2D eigenvalue weighted by Crippen LogP contribution is -2.29. The van der Waals surface area contributed by atoms with Gasteiger partial charge in [0.15, 0.2) is 0 Å². The lowest BCUT2D eigenvalue weighted by Gasteiger charge is -2.36. The third-order valence-electron chi connectivity index (χ3n) is 3.41. The molecule has 0 spiro atoms. The van der Waals surface area contributed by atoms with E-state index in [4.69, 9.17) is 6.42 Å². The van der Waals surface area contributed by atoms with Crippen LogP contribution in [0.25, 0.3) is 0 Å². The third kappa shape index (κ3) is 2.91. The van der Waals surface area contributed by atoms with Crippen LogP contribution in [-0.2, 0) is 0 Å². The molecule has 0 rings (SSSR count). The Bertz CT molecular complexity index is 209. The molecule has 80 valence electrons. The van der Waals surface area contributed by atoms with Crippen molar-refractivity contribution < 1.29 is 0 Å². The highest BCUT2D eigenvalue weighted by Gasteiger charge is 2.32. The van der Waals surface area contributed by atoms with E-state index in [2.05, 4.69) is 46.3 Å². The van der Waals surface area contributed by atoms with Crippen LogP contribution in [0.15, 0.2) is 12.7 Å². The highest BCUT2D eigenvalue weighted by atomic mass is 14.4. The SMILES string of the molecule is C#CC(C)C(CC)C(C)(C=C)CCC. The first-order valence-corrected chi connectivity index (χ1v) is 5.65. The fourth-order valence-electron chi connectivity index (χ4n) is 2.48. The van der Waals surface area contributed by atoms with Crippen molar-refractivity contribution in [2.45, 2.75) is 47.0 Å². The number of allylic oxidation sites excluding steroid dienone is 1. The molecule has 0 saturated carbocycles. The summed E-state index contributed by atoms with van der Waals surface area (Å²) in [5.41, 5.74) is 0.204. The normalized spacial score (nSPS) is 19.1. The molecule has 0 aromatic rings. The zero-order chi connectivity index (χ0) is 11.2. The van der Waals surface area contributed by atoms with Crippen molar-refractivity contribution >= 4 is 0 Å². The van der Waals surface area contributed by atoms with Crippen LogP contribution in [0.2, 0.25) is 0 Å². The van der Waals surface area contributed by atoms with E-state index in [1.54, 1.807) is 0 Å². The van der Waals surface area contributed by atoms with Crippen molar-refractivity contribution in [2.24, 2.45) is 17.3 Å². The average Bonchev–Trinajstić information content (AvgIpc) is 2.19. The van der Waals surface area contributed by atoms with Crippen molar-refractivity contribution in [1.29, 1.82) is 0 Å². The minimum Gasteiger partial charge on any atom is -0.120 e. The molecule has 0 aliphatic rings. The molecule has 14 heavy (non-hydrogen) atoms. The molecule has 0 radical (unpaired) electrons. The third-order valence-corrected chi connectivity index (χ3v) is 3.41. The molecule has 0 aliphatic heterocycles. The van der Waals surface area contributed by atoms with E-state index in [-0.39, 0.29) is 5.41 Å². The van der Waals surface area contributed by atoms with Crippen molar-refractivity contribution in [1.82, 2.24) is 0 Å². The molecule has 0 heterocycles. The molecule has 3 unspecified atom stereocenters. The van der Waals surface area contributed by atoms with E-state index in [1.807, 2.05) is 0 Å². The second-order valence-corrected chi connectivity index (χ2v) is 4.43. The standard InChI is InChI=1S/C14H24/c1-7-11-14(6,10-4)13(9-3)12(5)8-2/h2,10,12-13H,4,7,9,11H2,1,3,5-6H3. The molecule has 0 heteroatoms. The lowest BCUT2D eigenvalue weighted by molar-refractivity contribution is 0.188. The molecule has 0 amide bonds. The van der Waals surface area contributed by atoms with Gasteiger partial charge in [0.2, 0.25) is 0 Å². The highest BCUT2D eigenvalue weighted by Crippen LogP contribution is 2.40. The van der Waals surface area contributed by atoms with Crippen molar-refractivity contribution in [3.05, 3.63) is 12.7 Å². The van der Waals surface area contributed by atoms with Gasteiger partial charge < -0.3 is 0 Å². The maximum atomic E-state index is 5.51. The fraction of sp³-hybridized carbons (Fsp3) is 0.714. The summed E-state index contributed by atoms with van der Waals surface area (Å²) in [6, 6.07) is 0. The first-order valence-electron chi connectivity index (χ1n) is 5.65. The summed E-state index contributed by atoms with van der Waals surface area (Å²) in [6.07, 6.45) is 11.1. The van der Waals surface area contributed by atoms with Crippen LogP contribution in [0.3, 0.4) is 0 Å². The Hall–Kier alpha value is -0.700. The van der Waals surface area contributed by atoms with E-state index in [0.29, 0.717) is 11.8 Å². The van der Waals surface area contributed by atoms with Crippen LogP contribution < -0.4 is 0 Å². The van der Waals surface area contributed by atoms with E-state index >= 15 is 0 Å². The monoisotopic (exact) mass is 192 g/mol. The van der Waals surface area contributed by atoms with Crippen molar-refractivity contribution in [2.75, 3.05) is 0 Å². The van der Waals surface area contributed by atoms with Gasteiger partial charge in [-0.2, -0.15) is 0 Å². The van der Waals surface area contributed by atoms with Crippen LogP contribution in [0.4, 0.5) is 0 Å². The maximum Gasteiger partial charge on any atom is 0.0208 e. The van der Waals surface area contributed by atoms with Gasteiger partial charge in [-0.15, -0.1) is 18.9 Å². The minimum absolute atomic E-state index is 0.204. The predicted molar refractivity (Wildman–Crippen MR) is 65.0 cm³/mol. The first kappa shape index (κ1) is 13.3. The summed E-state index contributed by atoms with van der Waals surface area (Å²) in [4.78, 5) is 0. The molecule has 0 fully saturated rings. The van der Waals surface area contributed by atoms with Gasteiger partial charge in [0.1, 0.15) is 0 Å². The Labute approximate surface area is 89.8 Å². The Kier molecular flexibility index (Phi) is 5.62. The van der Waals surface area contributed by atoms with E-state index in [1.165, 1.54) is 12.8 Å². The lowest BCUT2D eigenvalue weighted by atomic mass is 9.67. The minimum atomic E-state index is 0.204. The smallest absolute Gasteiger partial charge is 0.0208 e. The van der Waals surface area contributed by atoms with Gasteiger partial charge in [-0.3, -0.25) is 0 Å². The molecule has 0 bridgehead atoms. The molecule has 0 nitrogen and oxygen atoms in total. The first-order chi connectivity index (χ1) is 6.55. The summed E-state index contributed by atoms with van der Waals surface area (Å²) >= 11 is 0. The van der Waals surface area contributed by atoms with Gasteiger partial charge in [-0.25, -0.2) is 0 Å². The van der Waals surface area contributed by atoms with E-state index < -0.39 is 0 Å². The van der Waals surface area contributed by atoms with Gasteiger partial charge in [-0.1, -0.05) is 46.6 Å². The van der Waals surface area contributed by atoms with Crippen LogP contribution in [-0.4, -0.2) is 0 Å². The van der Waals surface area contributed by atoms with E-state index in [0.717, 1.165) is 6.42 Å². The fourth-order valence-corrected chi connectivity index (χ4v) is 2.48. The van der Waals surface area contributed by atoms with Crippen LogP contribution in [0.5, 0.6) is 0 Å². The topological polar surface area (TPSA) is 0 Å². The second kappa shape index (κ2) is 5.91. The van der Waals surface area contributed by atoms with Crippen LogP contribution in [0, 0.1) is 29.6 Å². The number of rotatable bonds is 6. The van der Waals surface area contributed by atoms with Gasteiger partial charge in [0, 0.05) is 5.92 Å². The summed E-state index contributed by atoms with van der Waals surface area (Å²) < 4.78 is 0. The Balaban J connectivity index is 4.77. The zero-order valence-corrected chi connectivity index (χ0v) is 10.1. The molecule has 3 atom stereocenters. The quantitative estimate of drug-likeness (QED) is 0.435. The molecule has 0 aromatic heterocycles. The Morgan fingerprint density at radius 1 is 1.50 bits per heavy atom. The zero-order valence-electron chi connectivity index (χ0n) is 10.1. The number of hydrogen-bond donors (Lipinski definition) is 0. The summed E-state index contributed by atoms with van der Waals surface area (Å²) in [5, 5.41) is 0. The number of terminal acetylenes is 1. The van der Waals surface area contributed by atoms with Gasteiger partial charge >= 0.3 is 0 Å². The summed E-state index contributed by atoms with van der Waals surface area (Å²) in [7, 11) is 0. The molecule has 0 aliphatic carbocycles. The predicted octanol–water partition coefficient (Wildman–Crippen LogP) is 4.27. The van der Waals surface area contributed by atoms with Crippen molar-refractivity contribution in [3.63, 3.8) is 0 Å². The summed E-state index contributed by atoms with van der Waals surface area (Å²) in [6.45, 7) is 12.8. The number of hydrogen-bond acceptors (Lipinski definition) is 0. The van der Waals surface area contributed by atoms with Crippen LogP contribution >= 0.6 is 0 Å². The maximum absolute atomic E-state index is 5.51. The molecule has 0 N–H and O–H groups in total.